The molecule has 2 N–H and O–H groups in total. The molecule has 0 aliphatic heterocycles. The van der Waals surface area contributed by atoms with Gasteiger partial charge in [-0.25, -0.2) is 0 Å². The van der Waals surface area contributed by atoms with Crippen molar-refractivity contribution in [3.8, 4) is 0 Å². The molecule has 9 heteroatoms. The van der Waals surface area contributed by atoms with Gasteiger partial charge in [0.05, 0.1) is 6.54 Å². The van der Waals surface area contributed by atoms with Gasteiger partial charge in [0.15, 0.2) is 0 Å². The van der Waals surface area contributed by atoms with E-state index in [2.05, 4.69) is 20.0 Å². The number of carbonyl (C=O) groups excluding carboxylic acids is 1. The van der Waals surface area contributed by atoms with Gasteiger partial charge in [-0.1, -0.05) is 0 Å². The summed E-state index contributed by atoms with van der Waals surface area (Å²) in [7, 11) is 1.42. The first-order chi connectivity index (χ1) is 6.93. The third-order valence-corrected chi connectivity index (χ3v) is 2.03. The average Bonchev–Trinajstić information content (AvgIpc) is 2.61. The van der Waals surface area contributed by atoms with E-state index in [9.17, 15) is 18.0 Å². The number of rotatable bonds is 3. The molecule has 0 saturated heterocycles. The molecule has 0 bridgehead atoms. The highest BCUT2D eigenvalue weighted by atomic mass is 32.1. The maximum atomic E-state index is 12.0. The molecule has 0 radical (unpaired) electrons. The zero-order chi connectivity index (χ0) is 11.5. The van der Waals surface area contributed by atoms with E-state index >= 15 is 0 Å². The first kappa shape index (κ1) is 11.7. The van der Waals surface area contributed by atoms with E-state index in [1.807, 2.05) is 0 Å². The molecule has 1 aromatic heterocycles. The van der Waals surface area contributed by atoms with Crippen LogP contribution in [0.4, 0.5) is 18.3 Å². The van der Waals surface area contributed by atoms with Gasteiger partial charge >= 0.3 is 6.18 Å². The van der Waals surface area contributed by atoms with Crippen LogP contribution in [0.1, 0.15) is 5.82 Å². The summed E-state index contributed by atoms with van der Waals surface area (Å²) in [5.74, 6) is -1.55. The van der Waals surface area contributed by atoms with E-state index in [-0.39, 0.29) is 17.6 Å². The maximum absolute atomic E-state index is 12.0. The molecule has 0 saturated carbocycles. The van der Waals surface area contributed by atoms with Crippen LogP contribution in [0.5, 0.6) is 0 Å². The SMILES string of the molecule is CNC(=O)CNc1nc(C(F)(F)F)ns1. The lowest BCUT2D eigenvalue weighted by Gasteiger charge is -2.00. The fourth-order valence-corrected chi connectivity index (χ4v) is 1.24. The van der Waals surface area contributed by atoms with Gasteiger partial charge in [0.1, 0.15) is 0 Å². The number of anilines is 1. The van der Waals surface area contributed by atoms with Crippen molar-refractivity contribution >= 4 is 22.6 Å². The number of nitrogens with zero attached hydrogens (tertiary/aromatic N) is 2. The molecule has 1 aromatic rings. The van der Waals surface area contributed by atoms with Gasteiger partial charge in [-0.05, 0) is 0 Å². The second-order valence-electron chi connectivity index (χ2n) is 2.45. The largest absolute Gasteiger partial charge is 0.452 e. The zero-order valence-electron chi connectivity index (χ0n) is 7.55. The molecule has 0 fully saturated rings. The van der Waals surface area contributed by atoms with Gasteiger partial charge in [0, 0.05) is 18.6 Å². The molecule has 84 valence electrons. The number of hydrogen-bond acceptors (Lipinski definition) is 5. The Labute approximate surface area is 86.9 Å². The first-order valence-corrected chi connectivity index (χ1v) is 4.56. The highest BCUT2D eigenvalue weighted by molar-refractivity contribution is 7.09. The Kier molecular flexibility index (Phi) is 3.45. The number of halogens is 3. The normalized spacial score (nSPS) is 11.2. The molecule has 0 unspecified atom stereocenters. The number of amides is 1. The van der Waals surface area contributed by atoms with Crippen LogP contribution in [0.2, 0.25) is 0 Å². The van der Waals surface area contributed by atoms with Crippen molar-refractivity contribution in [2.75, 3.05) is 18.9 Å². The summed E-state index contributed by atoms with van der Waals surface area (Å²) in [4.78, 5) is 13.9. The second-order valence-corrected chi connectivity index (χ2v) is 3.20. The third kappa shape index (κ3) is 3.35. The summed E-state index contributed by atoms with van der Waals surface area (Å²) < 4.78 is 39.2. The van der Waals surface area contributed by atoms with Gasteiger partial charge in [0.2, 0.25) is 16.9 Å². The van der Waals surface area contributed by atoms with Gasteiger partial charge in [-0.2, -0.15) is 22.5 Å². The van der Waals surface area contributed by atoms with Crippen LogP contribution in [-0.4, -0.2) is 28.9 Å². The predicted molar refractivity (Wildman–Crippen MR) is 47.5 cm³/mol. The number of carbonyl (C=O) groups is 1. The molecule has 5 nitrogen and oxygen atoms in total. The van der Waals surface area contributed by atoms with Crippen molar-refractivity contribution in [3.63, 3.8) is 0 Å². The average molecular weight is 240 g/mol. The Morgan fingerprint density at radius 2 is 2.20 bits per heavy atom. The summed E-state index contributed by atoms with van der Waals surface area (Å²) in [5, 5.41) is 4.69. The zero-order valence-corrected chi connectivity index (χ0v) is 8.37. The van der Waals surface area contributed by atoms with Crippen LogP contribution < -0.4 is 10.6 Å². The summed E-state index contributed by atoms with van der Waals surface area (Å²) >= 11 is 0.557. The van der Waals surface area contributed by atoms with Crippen LogP contribution in [-0.2, 0) is 11.0 Å². The summed E-state index contributed by atoms with van der Waals surface area (Å²) in [5.41, 5.74) is 0. The Balaban J connectivity index is 2.58. The minimum Gasteiger partial charge on any atom is -0.358 e. The highest BCUT2D eigenvalue weighted by Gasteiger charge is 2.36. The smallest absolute Gasteiger partial charge is 0.358 e. The Bertz CT molecular complexity index is 350. The molecule has 0 aliphatic rings. The van der Waals surface area contributed by atoms with Crippen molar-refractivity contribution < 1.29 is 18.0 Å². The third-order valence-electron chi connectivity index (χ3n) is 1.36. The first-order valence-electron chi connectivity index (χ1n) is 3.79. The lowest BCUT2D eigenvalue weighted by Crippen LogP contribution is -2.26. The van der Waals surface area contributed by atoms with Gasteiger partial charge in [-0.15, -0.1) is 0 Å². The molecule has 0 aromatic carbocycles. The topological polar surface area (TPSA) is 66.9 Å². The Morgan fingerprint density at radius 3 is 2.67 bits per heavy atom. The molecule has 0 atom stereocenters. The Hall–Kier alpha value is -1.38. The minimum atomic E-state index is -4.55. The lowest BCUT2D eigenvalue weighted by atomic mass is 10.6. The van der Waals surface area contributed by atoms with Crippen molar-refractivity contribution in [1.29, 1.82) is 0 Å². The predicted octanol–water partition coefficient (Wildman–Crippen LogP) is 0.715. The van der Waals surface area contributed by atoms with Crippen LogP contribution in [0.15, 0.2) is 0 Å². The lowest BCUT2D eigenvalue weighted by molar-refractivity contribution is -0.144. The van der Waals surface area contributed by atoms with Crippen LogP contribution in [0.3, 0.4) is 0 Å². The van der Waals surface area contributed by atoms with E-state index in [0.29, 0.717) is 11.5 Å². The van der Waals surface area contributed by atoms with E-state index in [1.165, 1.54) is 7.05 Å². The standard InChI is InChI=1S/C6H7F3N4OS/c1-10-3(14)2-11-5-12-4(13-15-5)6(7,8)9/h2H2,1H3,(H,10,14)(H,11,12,13). The molecule has 15 heavy (non-hydrogen) atoms. The van der Waals surface area contributed by atoms with Gasteiger partial charge < -0.3 is 10.6 Å². The number of likely N-dealkylation sites (N-methyl/N-ethyl adjacent to an activating group) is 1. The van der Waals surface area contributed by atoms with E-state index in [0.717, 1.165) is 0 Å². The number of alkyl halides is 3. The molecular formula is C6H7F3N4OS. The molecule has 0 aliphatic carbocycles. The number of hydrogen-bond donors (Lipinski definition) is 2. The number of nitrogens with one attached hydrogen (secondary N) is 2. The molecule has 0 spiro atoms. The monoisotopic (exact) mass is 240 g/mol. The highest BCUT2D eigenvalue weighted by Crippen LogP contribution is 2.28. The van der Waals surface area contributed by atoms with Crippen molar-refractivity contribution in [1.82, 2.24) is 14.7 Å². The van der Waals surface area contributed by atoms with E-state index < -0.39 is 12.0 Å². The van der Waals surface area contributed by atoms with Gasteiger partial charge in [0.25, 0.3) is 0 Å². The molecular weight excluding hydrogens is 233 g/mol. The van der Waals surface area contributed by atoms with Crippen molar-refractivity contribution in [3.05, 3.63) is 5.82 Å². The summed E-state index contributed by atoms with van der Waals surface area (Å²) in [6.07, 6.45) is -4.55. The molecule has 1 amide bonds. The second kappa shape index (κ2) is 4.43. The Morgan fingerprint density at radius 1 is 1.53 bits per heavy atom. The van der Waals surface area contributed by atoms with Crippen LogP contribution >= 0.6 is 11.5 Å². The van der Waals surface area contributed by atoms with Crippen molar-refractivity contribution in [2.45, 2.75) is 6.18 Å². The maximum Gasteiger partial charge on any atom is 0.452 e. The quantitative estimate of drug-likeness (QED) is 0.816. The van der Waals surface area contributed by atoms with Crippen molar-refractivity contribution in [2.24, 2.45) is 0 Å². The minimum absolute atomic E-state index is 0.0362. The van der Waals surface area contributed by atoms with Crippen LogP contribution in [0, 0.1) is 0 Å². The molecule has 1 rings (SSSR count). The van der Waals surface area contributed by atoms with Crippen LogP contribution in [0.25, 0.3) is 0 Å². The fraction of sp³-hybridized carbons (Fsp3) is 0.500. The van der Waals surface area contributed by atoms with Gasteiger partial charge in [-0.3, -0.25) is 4.79 Å². The van der Waals surface area contributed by atoms with E-state index in [1.54, 1.807) is 0 Å². The molecule has 1 heterocycles. The summed E-state index contributed by atoms with van der Waals surface area (Å²) in [6, 6.07) is 0. The number of aromatic nitrogens is 2. The van der Waals surface area contributed by atoms with E-state index in [4.69, 9.17) is 0 Å². The summed E-state index contributed by atoms with van der Waals surface area (Å²) in [6.45, 7) is -0.136. The fourth-order valence-electron chi connectivity index (χ4n) is 0.655.